The van der Waals surface area contributed by atoms with Crippen LogP contribution in [-0.4, -0.2) is 34.7 Å². The van der Waals surface area contributed by atoms with Crippen molar-refractivity contribution in [2.75, 3.05) is 6.54 Å². The van der Waals surface area contributed by atoms with Gasteiger partial charge in [-0.1, -0.05) is 11.2 Å². The lowest BCUT2D eigenvalue weighted by Crippen LogP contribution is -2.29. The van der Waals surface area contributed by atoms with Crippen LogP contribution in [0, 0.1) is 0 Å². The standard InChI is InChI=1S/C9H16FN3O3/c1-6(13-16)12-5-7(10)3-2-4-8(11)9(14)15/h3,8,16H,2,4-5,11H2,1H3,(H,12,13)(H,14,15)/b7-3+/t8-/m0/s1. The molecule has 0 heterocycles. The van der Waals surface area contributed by atoms with Crippen molar-refractivity contribution in [2.24, 2.45) is 10.9 Å². The molecule has 0 amide bonds. The molecular weight excluding hydrogens is 217 g/mol. The molecule has 7 heteroatoms. The van der Waals surface area contributed by atoms with E-state index in [1.165, 1.54) is 13.0 Å². The van der Waals surface area contributed by atoms with Gasteiger partial charge in [0, 0.05) is 0 Å². The molecular formula is C9H16FN3O3. The average molecular weight is 233 g/mol. The number of nitrogens with zero attached hydrogens (tertiary/aromatic N) is 1. The summed E-state index contributed by atoms with van der Waals surface area (Å²) in [5.74, 6) is -1.36. The first-order valence-corrected chi connectivity index (χ1v) is 4.72. The molecule has 0 fully saturated rings. The molecule has 92 valence electrons. The van der Waals surface area contributed by atoms with Crippen molar-refractivity contribution in [3.05, 3.63) is 11.9 Å². The molecule has 0 unspecified atom stereocenters. The Kier molecular flexibility index (Phi) is 6.86. The quantitative estimate of drug-likeness (QED) is 0.230. The minimum Gasteiger partial charge on any atom is -0.480 e. The molecule has 1 atom stereocenters. The number of aliphatic carboxylic acids is 1. The maximum atomic E-state index is 13.0. The number of allylic oxidation sites excluding steroid dienone is 1. The number of carboxylic acids is 1. The van der Waals surface area contributed by atoms with Crippen molar-refractivity contribution in [2.45, 2.75) is 25.8 Å². The minimum absolute atomic E-state index is 0.0990. The van der Waals surface area contributed by atoms with Gasteiger partial charge in [0.25, 0.3) is 0 Å². The fourth-order valence-corrected chi connectivity index (χ4v) is 0.863. The maximum absolute atomic E-state index is 13.0. The highest BCUT2D eigenvalue weighted by Crippen LogP contribution is 2.02. The number of halogens is 1. The number of rotatable bonds is 6. The minimum atomic E-state index is -1.10. The number of carboxylic acid groups (broad SMARTS) is 1. The van der Waals surface area contributed by atoms with Gasteiger partial charge in [-0.15, -0.1) is 0 Å². The molecule has 0 radical (unpaired) electrons. The Morgan fingerprint density at radius 3 is 2.81 bits per heavy atom. The van der Waals surface area contributed by atoms with E-state index in [9.17, 15) is 9.18 Å². The molecule has 6 nitrogen and oxygen atoms in total. The summed E-state index contributed by atoms with van der Waals surface area (Å²) in [5.41, 5.74) is 5.23. The fourth-order valence-electron chi connectivity index (χ4n) is 0.863. The second-order valence-corrected chi connectivity index (χ2v) is 3.21. The highest BCUT2D eigenvalue weighted by molar-refractivity contribution is 5.78. The lowest BCUT2D eigenvalue weighted by molar-refractivity contribution is -0.138. The summed E-state index contributed by atoms with van der Waals surface area (Å²) in [6.07, 6.45) is 1.67. The Morgan fingerprint density at radius 2 is 2.31 bits per heavy atom. The third-order valence-electron chi connectivity index (χ3n) is 1.82. The van der Waals surface area contributed by atoms with E-state index in [0.717, 1.165) is 0 Å². The van der Waals surface area contributed by atoms with Gasteiger partial charge >= 0.3 is 5.97 Å². The van der Waals surface area contributed by atoms with Crippen LogP contribution in [0.1, 0.15) is 19.8 Å². The molecule has 0 rings (SSSR count). The predicted octanol–water partition coefficient (Wildman–Crippen LogP) is 0.429. The molecule has 0 aliphatic carbocycles. The van der Waals surface area contributed by atoms with Gasteiger partial charge in [-0.2, -0.15) is 0 Å². The van der Waals surface area contributed by atoms with Crippen molar-refractivity contribution in [1.29, 1.82) is 0 Å². The Balaban J connectivity index is 3.83. The van der Waals surface area contributed by atoms with Gasteiger partial charge in [-0.25, -0.2) is 4.39 Å². The summed E-state index contributed by atoms with van der Waals surface area (Å²) in [6, 6.07) is -0.974. The summed E-state index contributed by atoms with van der Waals surface area (Å²) in [4.78, 5) is 10.3. The lowest BCUT2D eigenvalue weighted by Gasteiger charge is -2.04. The zero-order chi connectivity index (χ0) is 12.6. The van der Waals surface area contributed by atoms with E-state index in [0.29, 0.717) is 0 Å². The van der Waals surface area contributed by atoms with Crippen LogP contribution in [-0.2, 0) is 4.79 Å². The van der Waals surface area contributed by atoms with Crippen molar-refractivity contribution < 1.29 is 19.5 Å². The van der Waals surface area contributed by atoms with E-state index in [2.05, 4.69) is 10.5 Å². The Bertz CT molecular complexity index is 292. The molecule has 0 aliphatic heterocycles. The molecule has 0 aliphatic rings. The summed E-state index contributed by atoms with van der Waals surface area (Å²) >= 11 is 0. The largest absolute Gasteiger partial charge is 0.480 e. The van der Waals surface area contributed by atoms with Crippen molar-refractivity contribution in [3.63, 3.8) is 0 Å². The molecule has 0 bridgehead atoms. The number of hydrogen-bond acceptors (Lipinski definition) is 4. The van der Waals surface area contributed by atoms with Crippen LogP contribution < -0.4 is 11.1 Å². The zero-order valence-electron chi connectivity index (χ0n) is 8.98. The van der Waals surface area contributed by atoms with E-state index in [1.54, 1.807) is 0 Å². The van der Waals surface area contributed by atoms with Gasteiger partial charge in [0.05, 0.1) is 6.54 Å². The summed E-state index contributed by atoms with van der Waals surface area (Å²) in [5, 5.41) is 22.0. The number of nitrogens with one attached hydrogen (secondary N) is 1. The van der Waals surface area contributed by atoms with E-state index in [4.69, 9.17) is 16.0 Å². The average Bonchev–Trinajstić information content (AvgIpc) is 2.25. The van der Waals surface area contributed by atoms with E-state index in [1.807, 2.05) is 0 Å². The van der Waals surface area contributed by atoms with E-state index in [-0.39, 0.29) is 25.2 Å². The van der Waals surface area contributed by atoms with E-state index >= 15 is 0 Å². The Labute approximate surface area is 92.6 Å². The summed E-state index contributed by atoms with van der Waals surface area (Å²) in [7, 11) is 0. The first-order valence-electron chi connectivity index (χ1n) is 4.72. The van der Waals surface area contributed by atoms with Crippen molar-refractivity contribution >= 4 is 11.8 Å². The van der Waals surface area contributed by atoms with Crippen molar-refractivity contribution in [3.8, 4) is 0 Å². The topological polar surface area (TPSA) is 108 Å². The Hall–Kier alpha value is -1.63. The molecule has 0 saturated heterocycles. The van der Waals surface area contributed by atoms with Gasteiger partial charge in [-0.05, 0) is 19.8 Å². The third kappa shape index (κ3) is 6.77. The van der Waals surface area contributed by atoms with Gasteiger partial charge < -0.3 is 21.4 Å². The molecule has 0 saturated carbocycles. The van der Waals surface area contributed by atoms with Crippen LogP contribution in [0.15, 0.2) is 17.1 Å². The first kappa shape index (κ1) is 14.4. The van der Waals surface area contributed by atoms with Gasteiger partial charge in [-0.3, -0.25) is 4.79 Å². The SMILES string of the molecule is C/C(=N\O)NC/C(F)=C\CC[C@H](N)C(=O)O. The number of carbonyl (C=O) groups is 1. The molecule has 0 aromatic rings. The summed E-state index contributed by atoms with van der Waals surface area (Å²) in [6.45, 7) is 1.38. The number of amidine groups is 1. The normalized spacial score (nSPS) is 14.7. The van der Waals surface area contributed by atoms with E-state index < -0.39 is 17.8 Å². The van der Waals surface area contributed by atoms with Gasteiger partial charge in [0.15, 0.2) is 0 Å². The van der Waals surface area contributed by atoms with Crippen LogP contribution in [0.5, 0.6) is 0 Å². The maximum Gasteiger partial charge on any atom is 0.320 e. The van der Waals surface area contributed by atoms with Crippen LogP contribution in [0.2, 0.25) is 0 Å². The predicted molar refractivity (Wildman–Crippen MR) is 56.9 cm³/mol. The number of hydrogen-bond donors (Lipinski definition) is 4. The smallest absolute Gasteiger partial charge is 0.320 e. The first-order chi connectivity index (χ1) is 7.47. The molecule has 5 N–H and O–H groups in total. The zero-order valence-corrected chi connectivity index (χ0v) is 8.98. The van der Waals surface area contributed by atoms with Crippen LogP contribution >= 0.6 is 0 Å². The molecule has 0 spiro atoms. The fraction of sp³-hybridized carbons (Fsp3) is 0.556. The van der Waals surface area contributed by atoms with Gasteiger partial charge in [0.1, 0.15) is 17.7 Å². The van der Waals surface area contributed by atoms with Crippen LogP contribution in [0.3, 0.4) is 0 Å². The second-order valence-electron chi connectivity index (χ2n) is 3.21. The van der Waals surface area contributed by atoms with Gasteiger partial charge in [0.2, 0.25) is 0 Å². The molecule has 16 heavy (non-hydrogen) atoms. The van der Waals surface area contributed by atoms with Crippen molar-refractivity contribution in [1.82, 2.24) is 5.32 Å². The number of oxime groups is 1. The monoisotopic (exact) mass is 233 g/mol. The Morgan fingerprint density at radius 1 is 1.69 bits per heavy atom. The third-order valence-corrected chi connectivity index (χ3v) is 1.82. The highest BCUT2D eigenvalue weighted by atomic mass is 19.1. The summed E-state index contributed by atoms with van der Waals surface area (Å²) < 4.78 is 13.0. The lowest BCUT2D eigenvalue weighted by atomic mass is 10.1. The van der Waals surface area contributed by atoms with Crippen LogP contribution in [0.25, 0.3) is 0 Å². The molecule has 0 aromatic heterocycles. The van der Waals surface area contributed by atoms with Crippen LogP contribution in [0.4, 0.5) is 4.39 Å². The molecule has 0 aromatic carbocycles. The highest BCUT2D eigenvalue weighted by Gasteiger charge is 2.09. The second kappa shape index (κ2) is 7.63. The number of nitrogens with two attached hydrogens (primary N) is 1.